The van der Waals surface area contributed by atoms with Gasteiger partial charge in [-0.3, -0.25) is 9.10 Å². The molecule has 0 heterocycles. The topological polar surface area (TPSA) is 66.5 Å². The van der Waals surface area contributed by atoms with Crippen LogP contribution in [-0.2, 0) is 14.8 Å². The molecule has 1 fully saturated rings. The maximum atomic E-state index is 12.7. The Kier molecular flexibility index (Phi) is 6.67. The number of anilines is 2. The summed E-state index contributed by atoms with van der Waals surface area (Å²) in [5.41, 5.74) is 2.06. The van der Waals surface area contributed by atoms with Crippen LogP contribution in [0.3, 0.4) is 0 Å². The number of sulfonamides is 1. The Balaban J connectivity index is 1.76. The number of hydrogen-bond acceptors (Lipinski definition) is 4. The van der Waals surface area contributed by atoms with Gasteiger partial charge in [0, 0.05) is 10.1 Å². The number of hydrogen-bond donors (Lipinski definition) is 1. The Morgan fingerprint density at radius 1 is 1.11 bits per heavy atom. The van der Waals surface area contributed by atoms with Crippen LogP contribution in [0.15, 0.2) is 53.4 Å². The third-order valence-electron chi connectivity index (χ3n) is 4.83. The van der Waals surface area contributed by atoms with Crippen LogP contribution < -0.4 is 9.62 Å². The first-order valence-electron chi connectivity index (χ1n) is 9.43. The Hall–Kier alpha value is -1.99. The lowest BCUT2D eigenvalue weighted by Gasteiger charge is -2.24. The molecule has 1 N–H and O–H groups in total. The highest BCUT2D eigenvalue weighted by molar-refractivity contribution is 8.00. The van der Waals surface area contributed by atoms with Gasteiger partial charge in [-0.2, -0.15) is 0 Å². The molecule has 5 nitrogen and oxygen atoms in total. The van der Waals surface area contributed by atoms with Crippen molar-refractivity contribution >= 4 is 39.1 Å². The number of para-hydroxylation sites is 2. The summed E-state index contributed by atoms with van der Waals surface area (Å²) in [7, 11) is -3.59. The fraction of sp³-hybridized carbons (Fsp3) is 0.381. The zero-order chi connectivity index (χ0) is 20.1. The van der Waals surface area contributed by atoms with Crippen molar-refractivity contribution in [2.75, 3.05) is 22.4 Å². The average Bonchev–Trinajstić information content (AvgIpc) is 3.14. The molecule has 0 atom stereocenters. The van der Waals surface area contributed by atoms with Crippen molar-refractivity contribution in [3.8, 4) is 0 Å². The van der Waals surface area contributed by atoms with Gasteiger partial charge in [0.15, 0.2) is 0 Å². The van der Waals surface area contributed by atoms with Crippen LogP contribution in [-0.4, -0.2) is 32.4 Å². The molecule has 0 saturated heterocycles. The van der Waals surface area contributed by atoms with Gasteiger partial charge in [0.05, 0.1) is 17.6 Å². The number of carbonyl (C=O) groups is 1. The van der Waals surface area contributed by atoms with Gasteiger partial charge < -0.3 is 5.32 Å². The Labute approximate surface area is 171 Å². The van der Waals surface area contributed by atoms with Gasteiger partial charge in [-0.1, -0.05) is 43.2 Å². The van der Waals surface area contributed by atoms with E-state index < -0.39 is 10.0 Å². The molecular formula is C21H26N2O3S2. The van der Waals surface area contributed by atoms with Crippen LogP contribution in [0.5, 0.6) is 0 Å². The minimum absolute atomic E-state index is 0.258. The molecule has 0 radical (unpaired) electrons. The van der Waals surface area contributed by atoms with Crippen molar-refractivity contribution in [3.05, 3.63) is 54.1 Å². The molecule has 28 heavy (non-hydrogen) atoms. The SMILES string of the molecule is Cc1ccccc1N(CC(=O)Nc1ccccc1SC1CCCC1)S(C)(=O)=O. The zero-order valence-electron chi connectivity index (χ0n) is 16.2. The summed E-state index contributed by atoms with van der Waals surface area (Å²) in [6.45, 7) is 1.57. The molecule has 3 rings (SSSR count). The predicted octanol–water partition coefficient (Wildman–Crippen LogP) is 4.43. The number of nitrogens with one attached hydrogen (secondary N) is 1. The number of carbonyl (C=O) groups excluding carboxylic acids is 1. The molecule has 0 aromatic heterocycles. The van der Waals surface area contributed by atoms with Crippen molar-refractivity contribution in [2.45, 2.75) is 42.8 Å². The number of thioether (sulfide) groups is 1. The van der Waals surface area contributed by atoms with E-state index in [0.29, 0.717) is 10.9 Å². The van der Waals surface area contributed by atoms with E-state index in [-0.39, 0.29) is 12.5 Å². The average molecular weight is 419 g/mol. The van der Waals surface area contributed by atoms with Gasteiger partial charge in [0.1, 0.15) is 6.54 Å². The minimum atomic E-state index is -3.59. The number of nitrogens with zero attached hydrogens (tertiary/aromatic N) is 1. The molecule has 1 aliphatic carbocycles. The lowest BCUT2D eigenvalue weighted by atomic mass is 10.2. The summed E-state index contributed by atoms with van der Waals surface area (Å²) in [6, 6.07) is 14.9. The molecule has 0 aliphatic heterocycles. The fourth-order valence-electron chi connectivity index (χ4n) is 3.40. The van der Waals surface area contributed by atoms with E-state index in [4.69, 9.17) is 0 Å². The van der Waals surface area contributed by atoms with Gasteiger partial charge in [-0.15, -0.1) is 11.8 Å². The van der Waals surface area contributed by atoms with Crippen molar-refractivity contribution in [1.82, 2.24) is 0 Å². The van der Waals surface area contributed by atoms with Crippen LogP contribution in [0.25, 0.3) is 0 Å². The maximum absolute atomic E-state index is 12.7. The molecule has 150 valence electrons. The van der Waals surface area contributed by atoms with Crippen molar-refractivity contribution in [2.24, 2.45) is 0 Å². The molecule has 0 unspecified atom stereocenters. The quantitative estimate of drug-likeness (QED) is 0.722. The second-order valence-electron chi connectivity index (χ2n) is 7.12. The van der Waals surface area contributed by atoms with E-state index in [0.717, 1.165) is 26.7 Å². The summed E-state index contributed by atoms with van der Waals surface area (Å²) in [6.07, 6.45) is 6.03. The zero-order valence-corrected chi connectivity index (χ0v) is 17.9. The second kappa shape index (κ2) is 9.01. The summed E-state index contributed by atoms with van der Waals surface area (Å²) < 4.78 is 25.8. The van der Waals surface area contributed by atoms with E-state index >= 15 is 0 Å². The Morgan fingerprint density at radius 2 is 1.75 bits per heavy atom. The van der Waals surface area contributed by atoms with Crippen molar-refractivity contribution in [3.63, 3.8) is 0 Å². The lowest BCUT2D eigenvalue weighted by Crippen LogP contribution is -2.37. The van der Waals surface area contributed by atoms with E-state index in [9.17, 15) is 13.2 Å². The number of rotatable bonds is 7. The number of benzene rings is 2. The van der Waals surface area contributed by atoms with Crippen LogP contribution in [0.4, 0.5) is 11.4 Å². The van der Waals surface area contributed by atoms with Crippen LogP contribution in [0, 0.1) is 6.92 Å². The van der Waals surface area contributed by atoms with Crippen LogP contribution in [0.1, 0.15) is 31.2 Å². The monoisotopic (exact) mass is 418 g/mol. The third-order valence-corrected chi connectivity index (χ3v) is 7.37. The normalized spacial score (nSPS) is 14.8. The van der Waals surface area contributed by atoms with Crippen LogP contribution >= 0.6 is 11.8 Å². The Morgan fingerprint density at radius 3 is 2.43 bits per heavy atom. The number of aryl methyl sites for hydroxylation is 1. The predicted molar refractivity (Wildman–Crippen MR) is 117 cm³/mol. The molecule has 0 spiro atoms. The van der Waals surface area contributed by atoms with E-state index in [1.165, 1.54) is 25.7 Å². The first kappa shape index (κ1) is 20.7. The standard InChI is InChI=1S/C21H26N2O3S2/c1-16-9-3-7-13-19(16)23(28(2,25)26)15-21(24)22-18-12-6-8-14-20(18)27-17-10-4-5-11-17/h3,6-9,12-14,17H,4-5,10-11,15H2,1-2H3,(H,22,24). The summed E-state index contributed by atoms with van der Waals surface area (Å²) >= 11 is 1.80. The third kappa shape index (κ3) is 5.29. The smallest absolute Gasteiger partial charge is 0.245 e. The van der Waals surface area contributed by atoms with Gasteiger partial charge in [0.25, 0.3) is 0 Å². The highest BCUT2D eigenvalue weighted by Gasteiger charge is 2.23. The molecule has 0 bridgehead atoms. The molecule has 1 aliphatic rings. The highest BCUT2D eigenvalue weighted by atomic mass is 32.2. The van der Waals surface area contributed by atoms with Crippen molar-refractivity contribution < 1.29 is 13.2 Å². The fourth-order valence-corrected chi connectivity index (χ4v) is 5.65. The number of amides is 1. The maximum Gasteiger partial charge on any atom is 0.245 e. The van der Waals surface area contributed by atoms with E-state index in [2.05, 4.69) is 5.32 Å². The van der Waals surface area contributed by atoms with E-state index in [1.807, 2.05) is 43.3 Å². The summed E-state index contributed by atoms with van der Waals surface area (Å²) in [5.74, 6) is -0.354. The molecule has 1 amide bonds. The first-order chi connectivity index (χ1) is 13.3. The molecular weight excluding hydrogens is 392 g/mol. The van der Waals surface area contributed by atoms with Crippen LogP contribution in [0.2, 0.25) is 0 Å². The van der Waals surface area contributed by atoms with Gasteiger partial charge >= 0.3 is 0 Å². The van der Waals surface area contributed by atoms with Gasteiger partial charge in [-0.25, -0.2) is 8.42 Å². The summed E-state index contributed by atoms with van der Waals surface area (Å²) in [4.78, 5) is 13.7. The molecule has 2 aromatic rings. The minimum Gasteiger partial charge on any atom is -0.323 e. The second-order valence-corrected chi connectivity index (χ2v) is 10.4. The van der Waals surface area contributed by atoms with Gasteiger partial charge in [0.2, 0.25) is 15.9 Å². The van der Waals surface area contributed by atoms with Crippen molar-refractivity contribution in [1.29, 1.82) is 0 Å². The largest absolute Gasteiger partial charge is 0.323 e. The lowest BCUT2D eigenvalue weighted by molar-refractivity contribution is -0.114. The van der Waals surface area contributed by atoms with Gasteiger partial charge in [-0.05, 0) is 43.5 Å². The molecule has 2 aromatic carbocycles. The first-order valence-corrected chi connectivity index (χ1v) is 12.2. The highest BCUT2D eigenvalue weighted by Crippen LogP contribution is 2.38. The van der Waals surface area contributed by atoms with E-state index in [1.54, 1.807) is 23.9 Å². The molecule has 1 saturated carbocycles. The Bertz CT molecular complexity index is 938. The summed E-state index contributed by atoms with van der Waals surface area (Å²) in [5, 5.41) is 3.49. The molecule has 7 heteroatoms.